The highest BCUT2D eigenvalue weighted by Gasteiger charge is 2.30. The van der Waals surface area contributed by atoms with Crippen LogP contribution in [0.25, 0.3) is 10.6 Å². The summed E-state index contributed by atoms with van der Waals surface area (Å²) in [6.07, 6.45) is -3.88. The van der Waals surface area contributed by atoms with Gasteiger partial charge in [0.15, 0.2) is 6.61 Å². The molecule has 11 heteroatoms. The van der Waals surface area contributed by atoms with Gasteiger partial charge in [0.05, 0.1) is 17.9 Å². The van der Waals surface area contributed by atoms with Crippen molar-refractivity contribution in [1.82, 2.24) is 10.3 Å². The molecular weight excluding hydrogens is 437 g/mol. The van der Waals surface area contributed by atoms with Crippen molar-refractivity contribution in [2.24, 2.45) is 0 Å². The molecule has 0 aliphatic carbocycles. The van der Waals surface area contributed by atoms with Crippen molar-refractivity contribution in [2.45, 2.75) is 32.9 Å². The van der Waals surface area contributed by atoms with Gasteiger partial charge in [0.25, 0.3) is 5.91 Å². The van der Waals surface area contributed by atoms with Gasteiger partial charge in [0.2, 0.25) is 0 Å². The molecule has 2 rings (SSSR count). The second kappa shape index (κ2) is 10.9. The van der Waals surface area contributed by atoms with Crippen LogP contribution in [0, 0.1) is 6.92 Å². The lowest BCUT2D eigenvalue weighted by atomic mass is 10.1. The summed E-state index contributed by atoms with van der Waals surface area (Å²) in [4.78, 5) is 39.6. The molecule has 1 aromatic carbocycles. The topological polar surface area (TPSA) is 94.6 Å². The summed E-state index contributed by atoms with van der Waals surface area (Å²) in [7, 11) is 0. The number of nitrogens with one attached hydrogen (secondary N) is 1. The number of carbonyl (C=O) groups is 3. The zero-order valence-electron chi connectivity index (χ0n) is 16.9. The largest absolute Gasteiger partial charge is 0.466 e. The third kappa shape index (κ3) is 7.35. The first kappa shape index (κ1) is 24.3. The number of rotatable bonds is 9. The first-order valence-corrected chi connectivity index (χ1v) is 10.2. The van der Waals surface area contributed by atoms with Crippen LogP contribution in [0.1, 0.15) is 40.7 Å². The summed E-state index contributed by atoms with van der Waals surface area (Å²) < 4.78 is 47.8. The van der Waals surface area contributed by atoms with Gasteiger partial charge in [-0.3, -0.25) is 9.59 Å². The Hall–Kier alpha value is -2.95. The summed E-state index contributed by atoms with van der Waals surface area (Å²) in [5.74, 6) is -1.63. The molecule has 0 saturated heterocycles. The van der Waals surface area contributed by atoms with Crippen LogP contribution in [0.2, 0.25) is 0 Å². The van der Waals surface area contributed by atoms with Crippen LogP contribution in [0.5, 0.6) is 0 Å². The van der Waals surface area contributed by atoms with Crippen LogP contribution in [0.4, 0.5) is 13.2 Å². The number of benzene rings is 1. The molecule has 0 bridgehead atoms. The molecule has 1 amide bonds. The van der Waals surface area contributed by atoms with Gasteiger partial charge in [-0.05, 0) is 32.4 Å². The van der Waals surface area contributed by atoms with E-state index in [1.54, 1.807) is 13.8 Å². The average Bonchev–Trinajstić information content (AvgIpc) is 3.11. The van der Waals surface area contributed by atoms with Gasteiger partial charge in [0.1, 0.15) is 9.88 Å². The summed E-state index contributed by atoms with van der Waals surface area (Å²) in [6.45, 7) is 3.28. The number of aromatic nitrogens is 1. The quantitative estimate of drug-likeness (QED) is 0.454. The Morgan fingerprint density at radius 2 is 1.81 bits per heavy atom. The number of thiazole rings is 1. The van der Waals surface area contributed by atoms with E-state index < -0.39 is 30.2 Å². The Bertz CT molecular complexity index is 926. The van der Waals surface area contributed by atoms with Gasteiger partial charge in [-0.25, -0.2) is 9.78 Å². The van der Waals surface area contributed by atoms with Gasteiger partial charge in [0, 0.05) is 18.5 Å². The molecule has 2 aromatic rings. The number of nitrogens with zero attached hydrogens (tertiary/aromatic N) is 1. The minimum absolute atomic E-state index is 0.157. The highest BCUT2D eigenvalue weighted by atomic mass is 32.1. The first-order chi connectivity index (χ1) is 14.6. The maximum atomic E-state index is 12.7. The van der Waals surface area contributed by atoms with Crippen LogP contribution in [0.15, 0.2) is 24.3 Å². The monoisotopic (exact) mass is 458 g/mol. The van der Waals surface area contributed by atoms with Crippen molar-refractivity contribution in [3.05, 3.63) is 40.4 Å². The van der Waals surface area contributed by atoms with Crippen molar-refractivity contribution in [3.63, 3.8) is 0 Å². The molecule has 0 saturated carbocycles. The lowest BCUT2D eigenvalue weighted by Gasteiger charge is -2.06. The van der Waals surface area contributed by atoms with E-state index in [0.29, 0.717) is 29.3 Å². The van der Waals surface area contributed by atoms with E-state index in [-0.39, 0.29) is 23.8 Å². The summed E-state index contributed by atoms with van der Waals surface area (Å²) in [5.41, 5.74) is -0.00309. The highest BCUT2D eigenvalue weighted by Crippen LogP contribution is 2.33. The maximum Gasteiger partial charge on any atom is 0.416 e. The Morgan fingerprint density at radius 3 is 2.42 bits per heavy atom. The van der Waals surface area contributed by atoms with Crippen LogP contribution in [-0.2, 0) is 25.2 Å². The Balaban J connectivity index is 1.87. The van der Waals surface area contributed by atoms with Gasteiger partial charge in [-0.1, -0.05) is 12.1 Å². The molecular formula is C20H21F3N2O5S. The maximum absolute atomic E-state index is 12.7. The molecule has 7 nitrogen and oxygen atoms in total. The number of ether oxygens (including phenoxy) is 2. The SMILES string of the molecule is CCOC(=O)CCCNC(=O)COC(=O)c1sc(-c2ccc(C(F)(F)F)cc2)nc1C. The molecule has 0 aliphatic heterocycles. The fraction of sp³-hybridized carbons (Fsp3) is 0.400. The van der Waals surface area contributed by atoms with Crippen molar-refractivity contribution in [2.75, 3.05) is 19.8 Å². The van der Waals surface area contributed by atoms with E-state index in [1.807, 2.05) is 0 Å². The van der Waals surface area contributed by atoms with E-state index in [1.165, 1.54) is 12.1 Å². The highest BCUT2D eigenvalue weighted by molar-refractivity contribution is 7.17. The number of hydrogen-bond donors (Lipinski definition) is 1. The molecule has 0 unspecified atom stereocenters. The van der Waals surface area contributed by atoms with Crippen LogP contribution < -0.4 is 5.32 Å². The van der Waals surface area contributed by atoms with Gasteiger partial charge in [-0.15, -0.1) is 11.3 Å². The zero-order chi connectivity index (χ0) is 23.0. The Kier molecular flexibility index (Phi) is 8.55. The molecule has 0 fully saturated rings. The van der Waals surface area contributed by atoms with Crippen molar-refractivity contribution >= 4 is 29.2 Å². The van der Waals surface area contributed by atoms with Crippen molar-refractivity contribution in [1.29, 1.82) is 0 Å². The lowest BCUT2D eigenvalue weighted by molar-refractivity contribution is -0.143. The van der Waals surface area contributed by atoms with Crippen molar-refractivity contribution in [3.8, 4) is 10.6 Å². The second-order valence-corrected chi connectivity index (χ2v) is 7.34. The summed E-state index contributed by atoms with van der Waals surface area (Å²) >= 11 is 0.965. The number of amides is 1. The number of halogens is 3. The Morgan fingerprint density at radius 1 is 1.13 bits per heavy atom. The van der Waals surface area contributed by atoms with E-state index in [4.69, 9.17) is 9.47 Å². The number of hydrogen-bond acceptors (Lipinski definition) is 7. The van der Waals surface area contributed by atoms with E-state index in [9.17, 15) is 27.6 Å². The van der Waals surface area contributed by atoms with Gasteiger partial charge < -0.3 is 14.8 Å². The lowest BCUT2D eigenvalue weighted by Crippen LogP contribution is -2.30. The molecule has 168 valence electrons. The summed E-state index contributed by atoms with van der Waals surface area (Å²) in [5, 5.41) is 2.88. The normalized spacial score (nSPS) is 11.1. The van der Waals surface area contributed by atoms with Crippen LogP contribution in [0.3, 0.4) is 0 Å². The van der Waals surface area contributed by atoms with E-state index in [0.717, 1.165) is 23.5 Å². The molecule has 31 heavy (non-hydrogen) atoms. The minimum Gasteiger partial charge on any atom is -0.466 e. The minimum atomic E-state index is -4.44. The van der Waals surface area contributed by atoms with Gasteiger partial charge in [-0.2, -0.15) is 13.2 Å². The van der Waals surface area contributed by atoms with E-state index in [2.05, 4.69) is 10.3 Å². The number of esters is 2. The number of alkyl halides is 3. The average molecular weight is 458 g/mol. The van der Waals surface area contributed by atoms with Crippen LogP contribution in [-0.4, -0.2) is 42.6 Å². The second-order valence-electron chi connectivity index (χ2n) is 6.34. The Labute approximate surface area is 180 Å². The molecule has 1 aromatic heterocycles. The smallest absolute Gasteiger partial charge is 0.416 e. The number of carbonyl (C=O) groups excluding carboxylic acids is 3. The number of aryl methyl sites for hydroxylation is 1. The third-order valence-electron chi connectivity index (χ3n) is 3.96. The fourth-order valence-corrected chi connectivity index (χ4v) is 3.42. The molecule has 0 aliphatic rings. The third-order valence-corrected chi connectivity index (χ3v) is 5.15. The summed E-state index contributed by atoms with van der Waals surface area (Å²) in [6, 6.07) is 4.44. The molecule has 1 heterocycles. The van der Waals surface area contributed by atoms with Crippen molar-refractivity contribution < 1.29 is 37.0 Å². The standard InChI is InChI=1S/C20H21F3N2O5S/c1-3-29-16(27)5-4-10-24-15(26)11-30-19(28)17-12(2)25-18(31-17)13-6-8-14(9-7-13)20(21,22)23/h6-9H,3-5,10-11H2,1-2H3,(H,24,26). The first-order valence-electron chi connectivity index (χ1n) is 9.36. The molecule has 0 spiro atoms. The van der Waals surface area contributed by atoms with E-state index >= 15 is 0 Å². The predicted molar refractivity (Wildman–Crippen MR) is 106 cm³/mol. The fourth-order valence-electron chi connectivity index (χ4n) is 2.45. The predicted octanol–water partition coefficient (Wildman–Crippen LogP) is 3.75. The molecule has 0 atom stereocenters. The zero-order valence-corrected chi connectivity index (χ0v) is 17.7. The molecule has 0 radical (unpaired) electrons. The molecule has 1 N–H and O–H groups in total. The van der Waals surface area contributed by atoms with Gasteiger partial charge >= 0.3 is 18.1 Å². The van der Waals surface area contributed by atoms with Crippen LogP contribution >= 0.6 is 11.3 Å².